The number of aromatic nitrogens is 6. The smallest absolute Gasteiger partial charge is 0.315 e. The number of primary amides is 2. The number of ether oxygens (including phenoxy) is 3. The third-order valence-electron chi connectivity index (χ3n) is 19.9. The van der Waals surface area contributed by atoms with Crippen LogP contribution in [0.3, 0.4) is 0 Å². The first kappa shape index (κ1) is 80.8. The summed E-state index contributed by atoms with van der Waals surface area (Å²) in [5.74, 6) is -8.11. The number of para-hydroxylation sites is 3. The van der Waals surface area contributed by atoms with Crippen LogP contribution in [0.5, 0.6) is 0 Å². The molecule has 15 N–H and O–H groups in total. The van der Waals surface area contributed by atoms with Gasteiger partial charge in [-0.15, -0.1) is 5.10 Å². The maximum absolute atomic E-state index is 15.6. The molecule has 590 valence electrons. The second-order valence-corrected chi connectivity index (χ2v) is 29.4. The molecule has 2 fully saturated rings. The zero-order valence-corrected chi connectivity index (χ0v) is 62.6. The average Bonchev–Trinajstić information content (AvgIpc) is 1.67. The predicted octanol–water partition coefficient (Wildman–Crippen LogP) is 1.23. The van der Waals surface area contributed by atoms with Gasteiger partial charge in [-0.25, -0.2) is 9.18 Å². The normalized spacial score (nSPS) is 21.9. The van der Waals surface area contributed by atoms with E-state index in [0.29, 0.717) is 58.7 Å². The average molecular weight is 1550 g/mol. The number of aryl methyl sites for hydroxylation is 3. The van der Waals surface area contributed by atoms with Crippen molar-refractivity contribution in [2.24, 2.45) is 25.6 Å². The van der Waals surface area contributed by atoms with Gasteiger partial charge in [0.15, 0.2) is 0 Å². The lowest BCUT2D eigenvalue weighted by molar-refractivity contribution is -0.136. The number of urea groups is 1. The Balaban J connectivity index is 0.817. The summed E-state index contributed by atoms with van der Waals surface area (Å²) >= 11 is 1.84. The summed E-state index contributed by atoms with van der Waals surface area (Å²) in [5.41, 5.74) is 16.5. The standard InChI is InChI=1S/C77H95FN18O14S/c1-94-40-47(52-14-4-7-18-63(52)94)35-58-73(103)86-57(34-46-39-82-54-16-6-3-13-51(46)54)72(102)84-55(70(80)100)17-11-12-27-96-42-50(92-93-96)37-60(83-68(99)43-110-32-31-109-30-29-108-28-26-81-67(98)21-10-9-20-65-69-62(44-111-65)90-77(107)91-69)75(105)85-56(33-45-22-24-49(78)25-23-45)71(101)89-61(38-66(79)97)76(106)88-59(74(104)87-58)36-48-41-95(2)64-19-8-5-15-53(48)64/h3-8,13-16,18-19,22-25,39-42,55-62,65,69,82H,9-12,17,20-21,26-38,43-44H2,1-2H3,(H2,79,97)(H2,80,100)(H,81,98)(H,83,99)(H,84,102)(H,85,105)(H,86,103)(H,87,104)(H,88,106)(H,89,101)(H2,90,91,107)/t55-,56-,57+,58-,59-,60-,61+,62-,65-,69-/m0/s1. The number of carbonyl (C=O) groups excluding carboxylic acids is 11. The van der Waals surface area contributed by atoms with E-state index in [0.717, 1.165) is 64.5 Å². The molecule has 7 heterocycles. The molecule has 10 atom stereocenters. The minimum absolute atomic E-state index is 0.0399. The van der Waals surface area contributed by atoms with E-state index >= 15 is 19.2 Å². The molecule has 32 nitrogen and oxygen atoms in total. The Bertz CT molecular complexity index is 4640. The van der Waals surface area contributed by atoms with E-state index in [-0.39, 0.29) is 108 Å². The van der Waals surface area contributed by atoms with E-state index in [1.807, 2.05) is 101 Å². The van der Waals surface area contributed by atoms with Gasteiger partial charge in [0, 0.05) is 134 Å². The van der Waals surface area contributed by atoms with Crippen LogP contribution >= 0.6 is 11.8 Å². The van der Waals surface area contributed by atoms with Crippen LogP contribution in [0, 0.1) is 5.82 Å². The van der Waals surface area contributed by atoms with Crippen molar-refractivity contribution in [2.75, 3.05) is 51.9 Å². The molecule has 0 aliphatic carbocycles. The molecule has 8 aromatic rings. The highest BCUT2D eigenvalue weighted by atomic mass is 32.2. The van der Waals surface area contributed by atoms with Gasteiger partial charge in [0.25, 0.3) is 0 Å². The molecule has 0 unspecified atom stereocenters. The third-order valence-corrected chi connectivity index (χ3v) is 21.4. The van der Waals surface area contributed by atoms with Crippen molar-refractivity contribution in [2.45, 2.75) is 150 Å². The number of thioether (sulfide) groups is 1. The molecule has 12 amide bonds. The lowest BCUT2D eigenvalue weighted by atomic mass is 9.99. The third kappa shape index (κ3) is 22.5. The number of halogens is 1. The molecular weight excluding hydrogens is 1450 g/mol. The minimum atomic E-state index is -1.85. The van der Waals surface area contributed by atoms with Gasteiger partial charge in [0.05, 0.1) is 57.2 Å². The predicted molar refractivity (Wildman–Crippen MR) is 409 cm³/mol. The molecule has 3 aliphatic heterocycles. The van der Waals surface area contributed by atoms with Gasteiger partial charge < -0.3 is 93.0 Å². The molecule has 4 aromatic carbocycles. The van der Waals surface area contributed by atoms with Crippen molar-refractivity contribution < 1.29 is 71.3 Å². The van der Waals surface area contributed by atoms with Crippen LogP contribution in [0.2, 0.25) is 0 Å². The van der Waals surface area contributed by atoms with Gasteiger partial charge in [-0.3, -0.25) is 52.6 Å². The highest BCUT2D eigenvalue weighted by molar-refractivity contribution is 8.00. The number of benzene rings is 4. The number of fused-ring (bicyclic) bond motifs is 6. The first-order valence-corrected chi connectivity index (χ1v) is 38.3. The summed E-state index contributed by atoms with van der Waals surface area (Å²) in [6, 6.07) is 16.5. The highest BCUT2D eigenvalue weighted by Gasteiger charge is 2.43. The Morgan fingerprint density at radius 1 is 0.595 bits per heavy atom. The zero-order chi connectivity index (χ0) is 78.5. The van der Waals surface area contributed by atoms with Crippen LogP contribution < -0.4 is 64.6 Å². The second kappa shape index (κ2) is 38.9. The fourth-order valence-electron chi connectivity index (χ4n) is 14.2. The van der Waals surface area contributed by atoms with Crippen molar-refractivity contribution >= 4 is 110 Å². The molecule has 0 radical (unpaired) electrons. The number of unbranched alkanes of at least 4 members (excludes halogenated alkanes) is 1. The van der Waals surface area contributed by atoms with E-state index in [1.54, 1.807) is 25.5 Å². The number of aromatic amines is 1. The number of nitrogens with zero attached hydrogens (tertiary/aromatic N) is 5. The minimum Gasteiger partial charge on any atom is -0.377 e. The number of hydrogen-bond donors (Lipinski definition) is 13. The number of carbonyl (C=O) groups is 11. The number of hydrogen-bond acceptors (Lipinski definition) is 17. The maximum Gasteiger partial charge on any atom is 0.315 e. The summed E-state index contributed by atoms with van der Waals surface area (Å²) in [7, 11) is 3.62. The molecule has 11 rings (SSSR count). The molecule has 2 bridgehead atoms. The number of H-pyrrole nitrogens is 1. The number of nitrogens with one attached hydrogen (secondary N) is 11. The zero-order valence-electron chi connectivity index (χ0n) is 61.8. The van der Waals surface area contributed by atoms with Crippen molar-refractivity contribution in [3.05, 3.63) is 156 Å². The summed E-state index contributed by atoms with van der Waals surface area (Å²) < 4.78 is 36.5. The Hall–Kier alpha value is -11.2. The Kier molecular flexibility index (Phi) is 28.3. The molecule has 3 aliphatic rings. The second-order valence-electron chi connectivity index (χ2n) is 28.1. The maximum atomic E-state index is 15.6. The lowest BCUT2D eigenvalue weighted by Gasteiger charge is -2.28. The van der Waals surface area contributed by atoms with Crippen molar-refractivity contribution in [1.29, 1.82) is 0 Å². The fraction of sp³-hybridized carbons (Fsp3) is 0.442. The first-order valence-electron chi connectivity index (χ1n) is 37.2. The highest BCUT2D eigenvalue weighted by Crippen LogP contribution is 2.33. The first-order chi connectivity index (χ1) is 53.6. The fourth-order valence-corrected chi connectivity index (χ4v) is 15.8. The van der Waals surface area contributed by atoms with Crippen LogP contribution in [0.15, 0.2) is 122 Å². The van der Waals surface area contributed by atoms with Crippen molar-refractivity contribution in [1.82, 2.24) is 82.3 Å². The van der Waals surface area contributed by atoms with Crippen LogP contribution in [-0.2, 0) is 115 Å². The number of amides is 12. The molecule has 34 heteroatoms. The Morgan fingerprint density at radius 2 is 1.16 bits per heavy atom. The summed E-state index contributed by atoms with van der Waals surface area (Å²) in [6.45, 7) is 0.559. The van der Waals surface area contributed by atoms with Gasteiger partial charge in [-0.1, -0.05) is 78.4 Å². The van der Waals surface area contributed by atoms with Gasteiger partial charge in [-0.2, -0.15) is 11.8 Å². The molecule has 111 heavy (non-hydrogen) atoms. The van der Waals surface area contributed by atoms with Crippen molar-refractivity contribution in [3.8, 4) is 0 Å². The molecule has 2 saturated heterocycles. The van der Waals surface area contributed by atoms with Gasteiger partial charge in [0.1, 0.15) is 54.7 Å². The van der Waals surface area contributed by atoms with E-state index in [2.05, 4.69) is 68.5 Å². The van der Waals surface area contributed by atoms with Gasteiger partial charge in [0.2, 0.25) is 59.1 Å². The molecule has 0 saturated carbocycles. The molecule has 4 aromatic heterocycles. The van der Waals surface area contributed by atoms with E-state index in [4.69, 9.17) is 25.7 Å². The van der Waals surface area contributed by atoms with Crippen LogP contribution in [0.4, 0.5) is 9.18 Å². The number of nitrogens with two attached hydrogens (primary N) is 2. The molecule has 0 spiro atoms. The van der Waals surface area contributed by atoms with Crippen LogP contribution in [0.1, 0.15) is 79.3 Å². The van der Waals surface area contributed by atoms with E-state index in [1.165, 1.54) is 23.0 Å². The SMILES string of the molecule is Cn1cc(C[C@@H]2NC(=O)[C@H](Cc3cn(C)c4ccccc34)NC(=O)[C@@H](CC(N)=O)NC(=O)[C@H](Cc3ccc(F)cc3)NC(=O)[C@@H](NC(=O)COCCOCCOCCNC(=O)CCCC[C@@H]3SC[C@@H]4NC(=O)N[C@@H]43)Cc3cn(nn3)CCCC[C@@H](C(N)=O)NC(=O)[C@@H](Cc3c[nH]c4ccccc34)NC2=O)c2ccccc21. The largest absolute Gasteiger partial charge is 0.377 e. The summed E-state index contributed by atoms with van der Waals surface area (Å²) in [4.78, 5) is 159. The summed E-state index contributed by atoms with van der Waals surface area (Å²) in [6.07, 6.45) is 8.34. The van der Waals surface area contributed by atoms with Crippen LogP contribution in [-0.4, -0.2) is 206 Å². The lowest BCUT2D eigenvalue weighted by Crippen LogP contribution is -2.61. The van der Waals surface area contributed by atoms with Crippen molar-refractivity contribution in [3.63, 3.8) is 0 Å². The molecular formula is C77H95FN18O14S. The topological polar surface area (TPSA) is 444 Å². The number of rotatable bonds is 28. The Morgan fingerprint density at radius 3 is 1.81 bits per heavy atom. The summed E-state index contributed by atoms with van der Waals surface area (Å²) in [5, 5.41) is 39.1. The van der Waals surface area contributed by atoms with E-state index < -0.39 is 114 Å². The van der Waals surface area contributed by atoms with Crippen LogP contribution in [0.25, 0.3) is 32.7 Å². The van der Waals surface area contributed by atoms with E-state index in [9.17, 15) is 38.0 Å². The van der Waals surface area contributed by atoms with Gasteiger partial charge >= 0.3 is 6.03 Å². The van der Waals surface area contributed by atoms with Gasteiger partial charge in [-0.05, 0) is 84.7 Å². The monoisotopic (exact) mass is 1550 g/mol. The quantitative estimate of drug-likeness (QED) is 0.0242. The Labute approximate surface area is 643 Å².